The molecule has 0 fully saturated rings. The zero-order chi connectivity index (χ0) is 28.0. The number of hydrogen-bond acceptors (Lipinski definition) is 9. The Morgan fingerprint density at radius 2 is 0.944 bits per heavy atom. The van der Waals surface area contributed by atoms with Gasteiger partial charge in [-0.15, -0.1) is 0 Å². The Hall–Kier alpha value is -4.28. The van der Waals surface area contributed by atoms with Gasteiger partial charge in [0.25, 0.3) is 0 Å². The number of aliphatic carboxylic acids is 4. The lowest BCUT2D eigenvalue weighted by molar-refractivity contribution is -0.144. The topological polar surface area (TPSA) is 306 Å². The standard InChI is InChI=1S/C19H29N5O12/c20-8(1-4-13(26)27)16(32)22-9(2-5-14(28)29)17(33)23-10(3-6-15(30)31)18(34)24-11(19(35)36)7-12(21)25/h8-11H,1-7,20H2,(H2,21,25)(H,22,32)(H,23,33)(H,24,34)(H,26,27)(H,28,29)(H,30,31)(H,35,36). The number of rotatable bonds is 18. The average Bonchev–Trinajstić information content (AvgIpc) is 2.75. The Bertz CT molecular complexity index is 877. The summed E-state index contributed by atoms with van der Waals surface area (Å²) in [5, 5.41) is 41.9. The molecule has 4 atom stereocenters. The Labute approximate surface area is 203 Å². The van der Waals surface area contributed by atoms with Crippen LogP contribution in [0, 0.1) is 0 Å². The van der Waals surface area contributed by atoms with E-state index in [1.165, 1.54) is 0 Å². The fourth-order valence-corrected chi connectivity index (χ4v) is 2.71. The summed E-state index contributed by atoms with van der Waals surface area (Å²) in [5.74, 6) is -9.93. The van der Waals surface area contributed by atoms with Crippen molar-refractivity contribution in [3.8, 4) is 0 Å². The molecule has 4 unspecified atom stereocenters. The van der Waals surface area contributed by atoms with Crippen LogP contribution in [-0.4, -0.2) is 92.1 Å². The van der Waals surface area contributed by atoms with Gasteiger partial charge >= 0.3 is 23.9 Å². The zero-order valence-electron chi connectivity index (χ0n) is 19.0. The fourth-order valence-electron chi connectivity index (χ4n) is 2.71. The lowest BCUT2D eigenvalue weighted by Crippen LogP contribution is -2.57. The summed E-state index contributed by atoms with van der Waals surface area (Å²) in [7, 11) is 0. The molecule has 36 heavy (non-hydrogen) atoms. The molecule has 0 saturated carbocycles. The van der Waals surface area contributed by atoms with Gasteiger partial charge in [0.15, 0.2) is 0 Å². The van der Waals surface area contributed by atoms with E-state index in [1.807, 2.05) is 5.32 Å². The van der Waals surface area contributed by atoms with E-state index < -0.39 is 110 Å². The zero-order valence-corrected chi connectivity index (χ0v) is 19.0. The van der Waals surface area contributed by atoms with E-state index in [9.17, 15) is 38.4 Å². The maximum Gasteiger partial charge on any atom is 0.326 e. The van der Waals surface area contributed by atoms with Crippen LogP contribution in [0.4, 0.5) is 0 Å². The van der Waals surface area contributed by atoms with Crippen molar-refractivity contribution in [3.05, 3.63) is 0 Å². The van der Waals surface area contributed by atoms with Gasteiger partial charge < -0.3 is 47.8 Å². The second kappa shape index (κ2) is 15.6. The molecule has 4 amide bonds. The predicted molar refractivity (Wildman–Crippen MR) is 116 cm³/mol. The van der Waals surface area contributed by atoms with Gasteiger partial charge in [0.1, 0.15) is 18.1 Å². The van der Waals surface area contributed by atoms with Crippen molar-refractivity contribution in [3.63, 3.8) is 0 Å². The van der Waals surface area contributed by atoms with Crippen molar-refractivity contribution in [1.82, 2.24) is 16.0 Å². The Morgan fingerprint density at radius 3 is 1.31 bits per heavy atom. The monoisotopic (exact) mass is 519 g/mol. The molecule has 0 rings (SSSR count). The van der Waals surface area contributed by atoms with Crippen LogP contribution in [0.5, 0.6) is 0 Å². The Balaban J connectivity index is 5.64. The van der Waals surface area contributed by atoms with Gasteiger partial charge in [-0.2, -0.15) is 0 Å². The molecule has 202 valence electrons. The lowest BCUT2D eigenvalue weighted by atomic mass is 10.1. The van der Waals surface area contributed by atoms with Gasteiger partial charge in [0.05, 0.1) is 12.5 Å². The van der Waals surface area contributed by atoms with E-state index in [0.29, 0.717) is 0 Å². The number of carbonyl (C=O) groups is 8. The maximum atomic E-state index is 12.8. The van der Waals surface area contributed by atoms with Crippen LogP contribution in [0.2, 0.25) is 0 Å². The molecule has 0 aromatic heterocycles. The number of carboxylic acids is 4. The minimum absolute atomic E-state index is 0.297. The van der Waals surface area contributed by atoms with E-state index >= 15 is 0 Å². The molecule has 0 spiro atoms. The summed E-state index contributed by atoms with van der Waals surface area (Å²) in [5.41, 5.74) is 10.5. The minimum Gasteiger partial charge on any atom is -0.481 e. The van der Waals surface area contributed by atoms with E-state index in [4.69, 9.17) is 31.9 Å². The van der Waals surface area contributed by atoms with E-state index in [-0.39, 0.29) is 6.42 Å². The molecule has 0 aromatic carbocycles. The number of primary amides is 1. The van der Waals surface area contributed by atoms with Gasteiger partial charge in [0.2, 0.25) is 23.6 Å². The van der Waals surface area contributed by atoms with E-state index in [1.54, 1.807) is 0 Å². The fraction of sp³-hybridized carbons (Fsp3) is 0.579. The van der Waals surface area contributed by atoms with Crippen LogP contribution in [0.15, 0.2) is 0 Å². The summed E-state index contributed by atoms with van der Waals surface area (Å²) < 4.78 is 0. The highest BCUT2D eigenvalue weighted by Gasteiger charge is 2.31. The quantitative estimate of drug-likeness (QED) is 0.0843. The molecule has 0 aliphatic carbocycles. The van der Waals surface area contributed by atoms with Crippen LogP contribution >= 0.6 is 0 Å². The second-order valence-corrected chi connectivity index (χ2v) is 7.60. The van der Waals surface area contributed by atoms with E-state index in [0.717, 1.165) is 0 Å². The number of nitrogens with one attached hydrogen (secondary N) is 3. The Kier molecular flexibility index (Phi) is 13.7. The number of carbonyl (C=O) groups excluding carboxylic acids is 4. The third kappa shape index (κ3) is 13.4. The molecule has 17 nitrogen and oxygen atoms in total. The van der Waals surface area contributed by atoms with Gasteiger partial charge in [-0.05, 0) is 19.3 Å². The maximum absolute atomic E-state index is 12.8. The van der Waals surface area contributed by atoms with Gasteiger partial charge in [-0.3, -0.25) is 33.6 Å². The summed E-state index contributed by atoms with van der Waals surface area (Å²) in [6.45, 7) is 0. The van der Waals surface area contributed by atoms with Crippen LogP contribution in [0.3, 0.4) is 0 Å². The van der Waals surface area contributed by atoms with Crippen molar-refractivity contribution in [2.75, 3.05) is 0 Å². The first-order valence-corrected chi connectivity index (χ1v) is 10.5. The number of carboxylic acid groups (broad SMARTS) is 4. The first-order valence-electron chi connectivity index (χ1n) is 10.5. The molecular formula is C19H29N5O12. The van der Waals surface area contributed by atoms with Crippen LogP contribution in [0.25, 0.3) is 0 Å². The van der Waals surface area contributed by atoms with Gasteiger partial charge in [0, 0.05) is 19.3 Å². The predicted octanol–water partition coefficient (Wildman–Crippen LogP) is -3.68. The molecule has 0 aliphatic rings. The summed E-state index contributed by atoms with van der Waals surface area (Å²) >= 11 is 0. The van der Waals surface area contributed by atoms with Crippen molar-refractivity contribution in [2.45, 2.75) is 69.1 Å². The number of hydrogen-bond donors (Lipinski definition) is 9. The van der Waals surface area contributed by atoms with Gasteiger partial charge in [-0.25, -0.2) is 4.79 Å². The van der Waals surface area contributed by atoms with Crippen LogP contribution in [-0.2, 0) is 38.4 Å². The highest BCUT2D eigenvalue weighted by molar-refractivity contribution is 5.95. The summed E-state index contributed by atoms with van der Waals surface area (Å²) in [6, 6.07) is -6.38. The van der Waals surface area contributed by atoms with Crippen molar-refractivity contribution < 1.29 is 58.8 Å². The van der Waals surface area contributed by atoms with E-state index in [2.05, 4.69) is 10.6 Å². The highest BCUT2D eigenvalue weighted by atomic mass is 16.4. The molecule has 17 heteroatoms. The SMILES string of the molecule is NC(=O)CC(NC(=O)C(CCC(=O)O)NC(=O)C(CCC(=O)O)NC(=O)C(N)CCC(=O)O)C(=O)O. The molecule has 0 aliphatic heterocycles. The summed E-state index contributed by atoms with van der Waals surface area (Å²) in [4.78, 5) is 92.4. The molecule has 11 N–H and O–H groups in total. The molecule has 0 bridgehead atoms. The van der Waals surface area contributed by atoms with Crippen molar-refractivity contribution in [2.24, 2.45) is 11.5 Å². The largest absolute Gasteiger partial charge is 0.481 e. The minimum atomic E-state index is -1.78. The van der Waals surface area contributed by atoms with Crippen LogP contribution < -0.4 is 27.4 Å². The second-order valence-electron chi connectivity index (χ2n) is 7.60. The third-order valence-corrected chi connectivity index (χ3v) is 4.59. The summed E-state index contributed by atoms with van der Waals surface area (Å²) in [6.07, 6.45) is -3.85. The average molecular weight is 519 g/mol. The number of amides is 4. The van der Waals surface area contributed by atoms with Crippen LogP contribution in [0.1, 0.15) is 44.9 Å². The normalized spacial score (nSPS) is 13.8. The first kappa shape index (κ1) is 31.7. The third-order valence-electron chi connectivity index (χ3n) is 4.59. The number of nitrogens with two attached hydrogens (primary N) is 2. The van der Waals surface area contributed by atoms with Crippen molar-refractivity contribution in [1.29, 1.82) is 0 Å². The molecule has 0 saturated heterocycles. The highest BCUT2D eigenvalue weighted by Crippen LogP contribution is 2.06. The molecule has 0 radical (unpaired) electrons. The molecular weight excluding hydrogens is 490 g/mol. The Morgan fingerprint density at radius 1 is 0.583 bits per heavy atom. The molecule has 0 aromatic rings. The van der Waals surface area contributed by atoms with Crippen molar-refractivity contribution >= 4 is 47.5 Å². The smallest absolute Gasteiger partial charge is 0.326 e. The molecule has 0 heterocycles. The lowest BCUT2D eigenvalue weighted by Gasteiger charge is -2.24. The first-order chi connectivity index (χ1) is 16.6. The van der Waals surface area contributed by atoms with Gasteiger partial charge in [-0.1, -0.05) is 0 Å².